The van der Waals surface area contributed by atoms with Crippen LogP contribution in [-0.2, 0) is 4.74 Å². The number of piperazine rings is 1. The van der Waals surface area contributed by atoms with Crippen LogP contribution in [0.5, 0.6) is 0 Å². The van der Waals surface area contributed by atoms with Gasteiger partial charge in [-0.15, -0.1) is 11.3 Å². The van der Waals surface area contributed by atoms with Crippen LogP contribution in [0.25, 0.3) is 0 Å². The van der Waals surface area contributed by atoms with E-state index in [1.54, 1.807) is 4.90 Å². The van der Waals surface area contributed by atoms with Gasteiger partial charge in [0.2, 0.25) is 0 Å². The predicted molar refractivity (Wildman–Crippen MR) is 85.9 cm³/mol. The summed E-state index contributed by atoms with van der Waals surface area (Å²) in [5.41, 5.74) is 0.0132. The third kappa shape index (κ3) is 3.82. The zero-order chi connectivity index (χ0) is 16.5. The first-order chi connectivity index (χ1) is 10.2. The minimum absolute atomic E-state index is 0.139. The summed E-state index contributed by atoms with van der Waals surface area (Å²) in [7, 11) is 0. The first kappa shape index (κ1) is 16.4. The number of carbonyl (C=O) groups excluding carboxylic acids is 1. The fourth-order valence-corrected chi connectivity index (χ4v) is 2.64. The summed E-state index contributed by atoms with van der Waals surface area (Å²) in [5.74, 6) is 0.408. The van der Waals surface area contributed by atoms with Gasteiger partial charge in [0.1, 0.15) is 17.1 Å². The van der Waals surface area contributed by atoms with Crippen molar-refractivity contribution in [2.75, 3.05) is 19.6 Å². The Morgan fingerprint density at radius 3 is 2.59 bits per heavy atom. The average Bonchev–Trinajstić information content (AvgIpc) is 2.82. The maximum Gasteiger partial charge on any atom is 0.410 e. The summed E-state index contributed by atoms with van der Waals surface area (Å²) in [4.78, 5) is 19.4. The number of nitrogens with zero attached hydrogens (tertiary/aromatic N) is 3. The van der Waals surface area contributed by atoms with Gasteiger partial charge in [-0.1, -0.05) is 0 Å². The highest BCUT2D eigenvalue weighted by atomic mass is 32.1. The van der Waals surface area contributed by atoms with E-state index >= 15 is 0 Å². The number of amides is 1. The van der Waals surface area contributed by atoms with Crippen molar-refractivity contribution in [2.24, 2.45) is 0 Å². The van der Waals surface area contributed by atoms with E-state index in [1.807, 2.05) is 33.1 Å². The molecule has 1 aliphatic heterocycles. The summed E-state index contributed by atoms with van der Waals surface area (Å²) in [6.07, 6.45) is -0.423. The van der Waals surface area contributed by atoms with Gasteiger partial charge in [-0.05, 0) is 27.7 Å². The SMILES string of the molecule is Cc1nc(C(=N)N2CCN(C(=O)OC(C)(C)C)CC2=N)cs1. The maximum absolute atomic E-state index is 12.0. The van der Waals surface area contributed by atoms with E-state index in [-0.39, 0.29) is 18.2 Å². The molecule has 2 N–H and O–H groups in total. The number of aryl methyl sites for hydroxylation is 1. The smallest absolute Gasteiger partial charge is 0.410 e. The van der Waals surface area contributed by atoms with Crippen molar-refractivity contribution >= 4 is 29.1 Å². The molecule has 0 unspecified atom stereocenters. The van der Waals surface area contributed by atoms with Crippen molar-refractivity contribution in [2.45, 2.75) is 33.3 Å². The van der Waals surface area contributed by atoms with Crippen molar-refractivity contribution in [1.82, 2.24) is 14.8 Å². The Hall–Kier alpha value is -1.96. The molecule has 1 saturated heterocycles. The normalized spacial score (nSPS) is 15.9. The number of hydrogen-bond donors (Lipinski definition) is 2. The fraction of sp³-hybridized carbons (Fsp3) is 0.571. The van der Waals surface area contributed by atoms with Gasteiger partial charge >= 0.3 is 6.09 Å². The van der Waals surface area contributed by atoms with Gasteiger partial charge < -0.3 is 9.64 Å². The van der Waals surface area contributed by atoms with Crippen LogP contribution in [0.2, 0.25) is 0 Å². The molecule has 1 amide bonds. The second-order valence-electron chi connectivity index (χ2n) is 6.10. The molecule has 120 valence electrons. The molecule has 8 heteroatoms. The van der Waals surface area contributed by atoms with Crippen molar-refractivity contribution in [3.63, 3.8) is 0 Å². The van der Waals surface area contributed by atoms with Gasteiger partial charge in [-0.25, -0.2) is 9.78 Å². The van der Waals surface area contributed by atoms with Gasteiger partial charge in [-0.2, -0.15) is 0 Å². The van der Waals surface area contributed by atoms with E-state index < -0.39 is 11.7 Å². The zero-order valence-electron chi connectivity index (χ0n) is 13.3. The fourth-order valence-electron chi connectivity index (χ4n) is 2.04. The first-order valence-electron chi connectivity index (χ1n) is 7.01. The molecule has 22 heavy (non-hydrogen) atoms. The number of hydrogen-bond acceptors (Lipinski definition) is 6. The van der Waals surface area contributed by atoms with Crippen molar-refractivity contribution in [1.29, 1.82) is 10.8 Å². The summed E-state index contributed by atoms with van der Waals surface area (Å²) in [5, 5.41) is 19.0. The molecule has 1 fully saturated rings. The largest absolute Gasteiger partial charge is 0.444 e. The summed E-state index contributed by atoms with van der Waals surface area (Å²) >= 11 is 1.48. The molecule has 1 aromatic heterocycles. The highest BCUT2D eigenvalue weighted by Crippen LogP contribution is 2.15. The second kappa shape index (κ2) is 6.04. The predicted octanol–water partition coefficient (Wildman–Crippen LogP) is 2.31. The Morgan fingerprint density at radius 1 is 1.41 bits per heavy atom. The van der Waals surface area contributed by atoms with Crippen LogP contribution in [0.3, 0.4) is 0 Å². The van der Waals surface area contributed by atoms with Crippen LogP contribution in [0.15, 0.2) is 5.38 Å². The second-order valence-corrected chi connectivity index (χ2v) is 7.16. The molecular formula is C14H21N5O2S. The molecule has 0 radical (unpaired) electrons. The maximum atomic E-state index is 12.0. The molecule has 0 spiro atoms. The number of rotatable bonds is 1. The van der Waals surface area contributed by atoms with Crippen LogP contribution < -0.4 is 0 Å². The molecule has 0 bridgehead atoms. The van der Waals surface area contributed by atoms with E-state index in [9.17, 15) is 4.79 Å². The van der Waals surface area contributed by atoms with Crippen LogP contribution in [-0.4, -0.2) is 57.8 Å². The van der Waals surface area contributed by atoms with Crippen molar-refractivity contribution < 1.29 is 9.53 Å². The summed E-state index contributed by atoms with van der Waals surface area (Å²) in [6, 6.07) is 0. The molecule has 0 atom stereocenters. The lowest BCUT2D eigenvalue weighted by Crippen LogP contribution is -2.54. The summed E-state index contributed by atoms with van der Waals surface area (Å²) in [6.45, 7) is 8.27. The first-order valence-corrected chi connectivity index (χ1v) is 7.89. The van der Waals surface area contributed by atoms with Crippen LogP contribution in [0.1, 0.15) is 31.5 Å². The third-order valence-corrected chi connectivity index (χ3v) is 3.82. The summed E-state index contributed by atoms with van der Waals surface area (Å²) < 4.78 is 5.32. The van der Waals surface area contributed by atoms with E-state index in [1.165, 1.54) is 16.2 Å². The average molecular weight is 323 g/mol. The Bertz CT molecular complexity index is 605. The number of ether oxygens (including phenoxy) is 1. The van der Waals surface area contributed by atoms with Crippen molar-refractivity contribution in [3.05, 3.63) is 16.1 Å². The van der Waals surface area contributed by atoms with Gasteiger partial charge in [0.05, 0.1) is 11.6 Å². The minimum Gasteiger partial charge on any atom is -0.444 e. The molecule has 7 nitrogen and oxygen atoms in total. The van der Waals surface area contributed by atoms with Gasteiger partial charge in [-0.3, -0.25) is 15.7 Å². The molecule has 2 rings (SSSR count). The number of carbonyl (C=O) groups is 1. The Labute approximate surface area is 133 Å². The van der Waals surface area contributed by atoms with Crippen LogP contribution >= 0.6 is 11.3 Å². The molecule has 1 aromatic rings. The number of aromatic nitrogens is 1. The van der Waals surface area contributed by atoms with Crippen molar-refractivity contribution in [3.8, 4) is 0 Å². The molecule has 1 aliphatic rings. The molecule has 2 heterocycles. The Balaban J connectivity index is 2.00. The minimum atomic E-state index is -0.554. The lowest BCUT2D eigenvalue weighted by molar-refractivity contribution is 0.0254. The molecular weight excluding hydrogens is 302 g/mol. The van der Waals surface area contributed by atoms with Crippen LogP contribution in [0.4, 0.5) is 4.79 Å². The van der Waals surface area contributed by atoms with E-state index in [0.29, 0.717) is 18.8 Å². The monoisotopic (exact) mass is 323 g/mol. The van der Waals surface area contributed by atoms with E-state index in [0.717, 1.165) is 5.01 Å². The molecule has 0 aliphatic carbocycles. The standard InChI is InChI=1S/C14H21N5O2S/c1-9-17-10(8-22-9)12(16)19-6-5-18(7-11(19)15)13(20)21-14(2,3)4/h8,15-16H,5-7H2,1-4H3. The van der Waals surface area contributed by atoms with E-state index in [2.05, 4.69) is 4.98 Å². The lowest BCUT2D eigenvalue weighted by Gasteiger charge is -2.36. The topological polar surface area (TPSA) is 93.4 Å². The Morgan fingerprint density at radius 2 is 2.09 bits per heavy atom. The van der Waals surface area contributed by atoms with Crippen LogP contribution in [0, 0.1) is 17.7 Å². The highest BCUT2D eigenvalue weighted by Gasteiger charge is 2.30. The number of nitrogens with one attached hydrogen (secondary N) is 2. The highest BCUT2D eigenvalue weighted by molar-refractivity contribution is 7.09. The number of amidine groups is 2. The lowest BCUT2D eigenvalue weighted by atomic mass is 10.2. The number of thiazole rings is 1. The van der Waals surface area contributed by atoms with Gasteiger partial charge in [0.15, 0.2) is 5.84 Å². The molecule has 0 saturated carbocycles. The third-order valence-electron chi connectivity index (χ3n) is 3.04. The van der Waals surface area contributed by atoms with E-state index in [4.69, 9.17) is 15.6 Å². The van der Waals surface area contributed by atoms with Gasteiger partial charge in [0.25, 0.3) is 0 Å². The zero-order valence-corrected chi connectivity index (χ0v) is 14.1. The molecule has 0 aromatic carbocycles. The Kier molecular flexibility index (Phi) is 4.50. The quantitative estimate of drug-likeness (QED) is 0.612. The van der Waals surface area contributed by atoms with Gasteiger partial charge in [0, 0.05) is 18.5 Å².